The van der Waals surface area contributed by atoms with Gasteiger partial charge in [0.05, 0.1) is 0 Å². The first kappa shape index (κ1) is 14.0. The number of nitrogen functional groups attached to an aromatic ring is 1. The molecule has 3 rings (SSSR count). The molecule has 0 radical (unpaired) electrons. The molecule has 0 atom stereocenters. The number of amides is 1. The fourth-order valence-electron chi connectivity index (χ4n) is 2.60. The Kier molecular flexibility index (Phi) is 4.15. The number of carbonyl (C=O) groups excluding carboxylic acids is 1. The van der Waals surface area contributed by atoms with E-state index in [4.69, 9.17) is 5.73 Å². The van der Waals surface area contributed by atoms with Crippen LogP contribution in [-0.2, 0) is 11.2 Å². The second kappa shape index (κ2) is 6.22. The highest BCUT2D eigenvalue weighted by atomic mass is 32.2. The summed E-state index contributed by atoms with van der Waals surface area (Å²) >= 11 is 1.78. The van der Waals surface area contributed by atoms with E-state index in [1.54, 1.807) is 11.8 Å². The molecule has 0 spiro atoms. The van der Waals surface area contributed by atoms with E-state index in [0.717, 1.165) is 30.1 Å². The minimum absolute atomic E-state index is 0.209. The van der Waals surface area contributed by atoms with E-state index >= 15 is 0 Å². The van der Waals surface area contributed by atoms with Crippen LogP contribution in [0, 0.1) is 0 Å². The molecule has 108 valence electrons. The van der Waals surface area contributed by atoms with Crippen molar-refractivity contribution in [1.29, 1.82) is 0 Å². The average Bonchev–Trinajstić information content (AvgIpc) is 2.50. The molecule has 1 aliphatic heterocycles. The summed E-state index contributed by atoms with van der Waals surface area (Å²) in [6.07, 6.45) is 1.37. The number of benzene rings is 2. The molecule has 0 aliphatic carbocycles. The number of thioether (sulfide) groups is 1. The SMILES string of the molecule is Nc1ccc2c(c1)CCC(=O)N2CCSc1ccccc1. The van der Waals surface area contributed by atoms with E-state index in [9.17, 15) is 4.79 Å². The second-order valence-electron chi connectivity index (χ2n) is 5.10. The Morgan fingerprint density at radius 3 is 2.71 bits per heavy atom. The number of hydrogen-bond donors (Lipinski definition) is 1. The van der Waals surface area contributed by atoms with Crippen LogP contribution >= 0.6 is 11.8 Å². The zero-order chi connectivity index (χ0) is 14.7. The highest BCUT2D eigenvalue weighted by Crippen LogP contribution is 2.30. The van der Waals surface area contributed by atoms with Gasteiger partial charge in [0, 0.05) is 35.0 Å². The van der Waals surface area contributed by atoms with Crippen LogP contribution in [0.15, 0.2) is 53.4 Å². The Bertz CT molecular complexity index is 642. The smallest absolute Gasteiger partial charge is 0.227 e. The van der Waals surface area contributed by atoms with Gasteiger partial charge < -0.3 is 10.6 Å². The molecule has 0 unspecified atom stereocenters. The van der Waals surface area contributed by atoms with Crippen LogP contribution in [0.5, 0.6) is 0 Å². The Labute approximate surface area is 129 Å². The molecule has 1 amide bonds. The van der Waals surface area contributed by atoms with Crippen LogP contribution in [0.4, 0.5) is 11.4 Å². The standard InChI is InChI=1S/C17H18N2OS/c18-14-7-8-16-13(12-14)6-9-17(20)19(16)10-11-21-15-4-2-1-3-5-15/h1-5,7-8,12H,6,9-11,18H2. The van der Waals surface area contributed by atoms with Crippen molar-refractivity contribution in [3.63, 3.8) is 0 Å². The van der Waals surface area contributed by atoms with Gasteiger partial charge in [-0.05, 0) is 42.3 Å². The topological polar surface area (TPSA) is 46.3 Å². The van der Waals surface area contributed by atoms with Crippen LogP contribution in [0.1, 0.15) is 12.0 Å². The predicted molar refractivity (Wildman–Crippen MR) is 88.7 cm³/mol. The lowest BCUT2D eigenvalue weighted by Crippen LogP contribution is -2.36. The fraction of sp³-hybridized carbons (Fsp3) is 0.235. The summed E-state index contributed by atoms with van der Waals surface area (Å²) in [5.41, 5.74) is 8.80. The molecule has 21 heavy (non-hydrogen) atoms. The number of hydrogen-bond acceptors (Lipinski definition) is 3. The molecule has 1 aliphatic rings. The third kappa shape index (κ3) is 3.22. The number of rotatable bonds is 4. The summed E-state index contributed by atoms with van der Waals surface area (Å²) < 4.78 is 0. The predicted octanol–water partition coefficient (Wildman–Crippen LogP) is 3.34. The zero-order valence-electron chi connectivity index (χ0n) is 11.8. The Balaban J connectivity index is 1.69. The quantitative estimate of drug-likeness (QED) is 0.695. The van der Waals surface area contributed by atoms with E-state index in [0.29, 0.717) is 6.42 Å². The molecule has 2 aromatic carbocycles. The van der Waals surface area contributed by atoms with Gasteiger partial charge in [-0.2, -0.15) is 0 Å². The monoisotopic (exact) mass is 298 g/mol. The number of nitrogens with two attached hydrogens (primary N) is 1. The van der Waals surface area contributed by atoms with Crippen LogP contribution in [0.2, 0.25) is 0 Å². The number of anilines is 2. The molecule has 0 saturated carbocycles. The van der Waals surface area contributed by atoms with Crippen molar-refractivity contribution in [1.82, 2.24) is 0 Å². The maximum absolute atomic E-state index is 12.2. The maximum Gasteiger partial charge on any atom is 0.227 e. The van der Waals surface area contributed by atoms with E-state index in [1.807, 2.05) is 41.3 Å². The van der Waals surface area contributed by atoms with E-state index in [1.165, 1.54) is 10.5 Å². The molecule has 4 heteroatoms. The molecule has 0 aromatic heterocycles. The largest absolute Gasteiger partial charge is 0.399 e. The van der Waals surface area contributed by atoms with Crippen LogP contribution < -0.4 is 10.6 Å². The first-order valence-electron chi connectivity index (χ1n) is 7.10. The van der Waals surface area contributed by atoms with Gasteiger partial charge in [-0.25, -0.2) is 0 Å². The second-order valence-corrected chi connectivity index (χ2v) is 6.26. The molecule has 3 nitrogen and oxygen atoms in total. The van der Waals surface area contributed by atoms with Crippen molar-refractivity contribution < 1.29 is 4.79 Å². The third-order valence-electron chi connectivity index (χ3n) is 3.63. The number of fused-ring (bicyclic) bond motifs is 1. The highest BCUT2D eigenvalue weighted by molar-refractivity contribution is 7.99. The number of carbonyl (C=O) groups is 1. The summed E-state index contributed by atoms with van der Waals surface area (Å²) in [6.45, 7) is 0.731. The normalized spacial score (nSPS) is 14.1. The molecular formula is C17H18N2OS. The summed E-state index contributed by atoms with van der Waals surface area (Å²) in [5.74, 6) is 1.10. The number of aryl methyl sites for hydroxylation is 1. The van der Waals surface area contributed by atoms with Crippen molar-refractivity contribution >= 4 is 29.0 Å². The first-order valence-corrected chi connectivity index (χ1v) is 8.09. The summed E-state index contributed by atoms with van der Waals surface area (Å²) in [4.78, 5) is 15.3. The van der Waals surface area contributed by atoms with Crippen molar-refractivity contribution in [3.05, 3.63) is 54.1 Å². The first-order chi connectivity index (χ1) is 10.2. The minimum Gasteiger partial charge on any atom is -0.399 e. The highest BCUT2D eigenvalue weighted by Gasteiger charge is 2.23. The average molecular weight is 298 g/mol. The van der Waals surface area contributed by atoms with Gasteiger partial charge in [-0.1, -0.05) is 18.2 Å². The van der Waals surface area contributed by atoms with E-state index < -0.39 is 0 Å². The number of nitrogens with zero attached hydrogens (tertiary/aromatic N) is 1. The molecule has 0 bridgehead atoms. The Morgan fingerprint density at radius 2 is 1.90 bits per heavy atom. The summed E-state index contributed by atoms with van der Waals surface area (Å²) in [5, 5.41) is 0. The Hall–Kier alpha value is -1.94. The minimum atomic E-state index is 0.209. The summed E-state index contributed by atoms with van der Waals surface area (Å²) in [6, 6.07) is 16.1. The van der Waals surface area contributed by atoms with Crippen molar-refractivity contribution in [2.24, 2.45) is 0 Å². The van der Waals surface area contributed by atoms with Gasteiger partial charge in [0.25, 0.3) is 0 Å². The zero-order valence-corrected chi connectivity index (χ0v) is 12.6. The molecule has 0 fully saturated rings. The third-order valence-corrected chi connectivity index (χ3v) is 4.62. The fourth-order valence-corrected chi connectivity index (χ4v) is 3.46. The lowest BCUT2D eigenvalue weighted by Gasteiger charge is -2.29. The van der Waals surface area contributed by atoms with E-state index in [2.05, 4.69) is 12.1 Å². The van der Waals surface area contributed by atoms with Gasteiger partial charge in [-0.3, -0.25) is 4.79 Å². The van der Waals surface area contributed by atoms with E-state index in [-0.39, 0.29) is 5.91 Å². The van der Waals surface area contributed by atoms with Gasteiger partial charge in [-0.15, -0.1) is 11.8 Å². The molecule has 1 heterocycles. The van der Waals surface area contributed by atoms with Crippen molar-refractivity contribution in [3.8, 4) is 0 Å². The lowest BCUT2D eigenvalue weighted by atomic mass is 10.0. The molecule has 2 aromatic rings. The van der Waals surface area contributed by atoms with Crippen LogP contribution in [0.25, 0.3) is 0 Å². The van der Waals surface area contributed by atoms with Gasteiger partial charge in [0.1, 0.15) is 0 Å². The van der Waals surface area contributed by atoms with Gasteiger partial charge in [0.15, 0.2) is 0 Å². The molecule has 2 N–H and O–H groups in total. The maximum atomic E-state index is 12.2. The van der Waals surface area contributed by atoms with Gasteiger partial charge in [0.2, 0.25) is 5.91 Å². The van der Waals surface area contributed by atoms with Crippen molar-refractivity contribution in [2.45, 2.75) is 17.7 Å². The lowest BCUT2D eigenvalue weighted by molar-refractivity contribution is -0.118. The van der Waals surface area contributed by atoms with Crippen molar-refractivity contribution in [2.75, 3.05) is 22.9 Å². The summed E-state index contributed by atoms with van der Waals surface area (Å²) in [7, 11) is 0. The van der Waals surface area contributed by atoms with Crippen LogP contribution in [-0.4, -0.2) is 18.2 Å². The molecule has 0 saturated heterocycles. The Morgan fingerprint density at radius 1 is 1.10 bits per heavy atom. The van der Waals surface area contributed by atoms with Crippen LogP contribution in [0.3, 0.4) is 0 Å². The van der Waals surface area contributed by atoms with Gasteiger partial charge >= 0.3 is 0 Å². The molecular weight excluding hydrogens is 280 g/mol.